The van der Waals surface area contributed by atoms with Gasteiger partial charge in [0.25, 0.3) is 17.7 Å². The van der Waals surface area contributed by atoms with Gasteiger partial charge in [0.1, 0.15) is 34.4 Å². The van der Waals surface area contributed by atoms with Crippen LogP contribution in [0.25, 0.3) is 11.3 Å². The number of amides is 4. The predicted octanol–water partition coefficient (Wildman–Crippen LogP) is 6.48. The Bertz CT molecular complexity index is 2520. The average Bonchev–Trinajstić information content (AvgIpc) is 3.86. The van der Waals surface area contributed by atoms with E-state index in [1.165, 1.54) is 0 Å². The summed E-state index contributed by atoms with van der Waals surface area (Å²) in [6.07, 6.45) is 8.83. The van der Waals surface area contributed by atoms with E-state index in [2.05, 4.69) is 20.0 Å². The zero-order chi connectivity index (χ0) is 45.5. The van der Waals surface area contributed by atoms with E-state index in [4.69, 9.17) is 15.6 Å². The van der Waals surface area contributed by atoms with E-state index in [0.717, 1.165) is 119 Å². The number of likely N-dealkylation sites (tertiary alicyclic amines) is 1. The fourth-order valence-corrected chi connectivity index (χ4v) is 11.5. The van der Waals surface area contributed by atoms with E-state index >= 15 is 0 Å². The van der Waals surface area contributed by atoms with E-state index in [9.17, 15) is 28.8 Å². The first-order valence-electron chi connectivity index (χ1n) is 23.9. The van der Waals surface area contributed by atoms with Gasteiger partial charge in [-0.1, -0.05) is 18.2 Å². The van der Waals surface area contributed by atoms with Crippen LogP contribution in [-0.4, -0.2) is 118 Å². The van der Waals surface area contributed by atoms with Crippen LogP contribution in [0.15, 0.2) is 72.8 Å². The van der Waals surface area contributed by atoms with Crippen molar-refractivity contribution in [3.8, 4) is 22.8 Å². The van der Waals surface area contributed by atoms with Crippen molar-refractivity contribution in [2.24, 2.45) is 17.6 Å². The molecule has 4 aliphatic heterocycles. The van der Waals surface area contributed by atoms with Crippen molar-refractivity contribution in [3.05, 3.63) is 89.5 Å². The summed E-state index contributed by atoms with van der Waals surface area (Å²) in [7, 11) is 0. The minimum atomic E-state index is -0.866. The van der Waals surface area contributed by atoms with Gasteiger partial charge in [-0.2, -0.15) is 5.10 Å². The average molecular weight is 895 g/mol. The van der Waals surface area contributed by atoms with Crippen LogP contribution in [-0.2, 0) is 14.4 Å². The molecule has 15 nitrogen and oxygen atoms in total. The molecule has 3 N–H and O–H groups in total. The lowest BCUT2D eigenvalue weighted by Gasteiger charge is -2.43. The standard InChI is InChI=1S/C51H58N8O7/c52-48(63)46-47(34-9-15-39(16-10-34)66-38-4-2-1-3-5-38)54-59-42(20-23-53-49(46)59)33-21-24-57(25-22-33)45(62)19-8-32-6-11-35(12-7-32)55-26-28-56(29-27-55)36-13-17-40-41(30-36)51(65)58(50(40)64)43-18-14-37(60)31-44(43)61/h1-5,9-10,13,15-17,30,32-33,35,42-43,53H,6-8,11-12,14,18-29,31H2,(H2,52,63)/t32?,35?,42-,43?/m0/s1. The zero-order valence-electron chi connectivity index (χ0n) is 37.4. The van der Waals surface area contributed by atoms with Crippen molar-refractivity contribution in [2.75, 3.05) is 56.0 Å². The summed E-state index contributed by atoms with van der Waals surface area (Å²) in [6, 6.07) is 22.3. The molecule has 4 fully saturated rings. The van der Waals surface area contributed by atoms with Crippen molar-refractivity contribution in [2.45, 2.75) is 95.2 Å². The highest BCUT2D eigenvalue weighted by Gasteiger charge is 2.45. The maximum Gasteiger partial charge on any atom is 0.262 e. The number of hydrogen-bond donors (Lipinski definition) is 2. The van der Waals surface area contributed by atoms with E-state index in [0.29, 0.717) is 58.3 Å². The molecule has 6 aliphatic rings. The minimum absolute atomic E-state index is 0.0997. The highest BCUT2D eigenvalue weighted by molar-refractivity contribution is 6.24. The van der Waals surface area contributed by atoms with Gasteiger partial charge in [-0.05, 0) is 124 Å². The van der Waals surface area contributed by atoms with Crippen molar-refractivity contribution in [1.82, 2.24) is 24.5 Å². The van der Waals surface area contributed by atoms with Gasteiger partial charge in [0.15, 0.2) is 5.78 Å². The molecule has 2 saturated heterocycles. The third-order valence-electron chi connectivity index (χ3n) is 15.2. The maximum atomic E-state index is 13.6. The van der Waals surface area contributed by atoms with Crippen molar-refractivity contribution < 1.29 is 33.5 Å². The highest BCUT2D eigenvalue weighted by Crippen LogP contribution is 2.41. The molecule has 0 radical (unpaired) electrons. The summed E-state index contributed by atoms with van der Waals surface area (Å²) < 4.78 is 7.96. The third-order valence-corrected chi connectivity index (χ3v) is 15.2. The normalized spacial score (nSPS) is 24.0. The molecular formula is C51H58N8O7. The molecule has 2 aliphatic carbocycles. The monoisotopic (exact) mass is 894 g/mol. The Morgan fingerprint density at radius 2 is 1.47 bits per heavy atom. The number of nitrogens with zero attached hydrogens (tertiary/aromatic N) is 6. The number of ketones is 2. The van der Waals surface area contributed by atoms with Crippen LogP contribution < -0.4 is 20.7 Å². The van der Waals surface area contributed by atoms with E-state index in [1.54, 1.807) is 12.1 Å². The summed E-state index contributed by atoms with van der Waals surface area (Å²) in [5, 5.41) is 8.44. The van der Waals surface area contributed by atoms with Crippen LogP contribution in [0.2, 0.25) is 0 Å². The molecule has 15 heteroatoms. The lowest BCUT2D eigenvalue weighted by atomic mass is 9.82. The van der Waals surface area contributed by atoms with Crippen LogP contribution in [0.4, 0.5) is 11.5 Å². The summed E-state index contributed by atoms with van der Waals surface area (Å²) in [4.78, 5) is 85.4. The minimum Gasteiger partial charge on any atom is -0.457 e. The molecule has 1 unspecified atom stereocenters. The molecule has 5 heterocycles. The largest absolute Gasteiger partial charge is 0.457 e. The summed E-state index contributed by atoms with van der Waals surface area (Å²) >= 11 is 0. The molecule has 2 atom stereocenters. The zero-order valence-corrected chi connectivity index (χ0v) is 37.4. The number of aromatic nitrogens is 2. The summed E-state index contributed by atoms with van der Waals surface area (Å²) in [5.41, 5.74) is 9.29. The molecule has 3 aromatic carbocycles. The number of para-hydroxylation sites is 1. The first kappa shape index (κ1) is 43.5. The summed E-state index contributed by atoms with van der Waals surface area (Å²) in [6.45, 7) is 5.63. The number of benzene rings is 3. The molecule has 4 amide bonds. The van der Waals surface area contributed by atoms with Gasteiger partial charge >= 0.3 is 0 Å². The second kappa shape index (κ2) is 18.5. The highest BCUT2D eigenvalue weighted by atomic mass is 16.5. The molecule has 66 heavy (non-hydrogen) atoms. The van der Waals surface area contributed by atoms with Gasteiger partial charge in [0, 0.05) is 75.9 Å². The second-order valence-corrected chi connectivity index (χ2v) is 19.0. The van der Waals surface area contributed by atoms with Crippen LogP contribution in [0.5, 0.6) is 11.5 Å². The van der Waals surface area contributed by atoms with Gasteiger partial charge in [-0.15, -0.1) is 0 Å². The SMILES string of the molecule is NC(=O)c1c(-c2ccc(Oc3ccccc3)cc2)nn2c1NCC[C@H]2C1CCN(C(=O)CCC2CCC(N3CCN(c4ccc5c(c4)C(=O)N(C4CCC(=O)CC4=O)C5=O)CC3)CC2)CC1. The smallest absolute Gasteiger partial charge is 0.262 e. The van der Waals surface area contributed by atoms with E-state index in [1.807, 2.05) is 65.3 Å². The van der Waals surface area contributed by atoms with Crippen LogP contribution in [0.3, 0.4) is 0 Å². The molecule has 344 valence electrons. The molecule has 4 aromatic rings. The van der Waals surface area contributed by atoms with Gasteiger partial charge in [0.2, 0.25) is 5.91 Å². The summed E-state index contributed by atoms with van der Waals surface area (Å²) in [5.74, 6) is 1.31. The Morgan fingerprint density at radius 1 is 0.758 bits per heavy atom. The third kappa shape index (κ3) is 8.60. The fourth-order valence-electron chi connectivity index (χ4n) is 11.5. The van der Waals surface area contributed by atoms with Crippen molar-refractivity contribution in [3.63, 3.8) is 0 Å². The molecule has 0 bridgehead atoms. The number of anilines is 2. The lowest BCUT2D eigenvalue weighted by molar-refractivity contribution is -0.134. The molecular weight excluding hydrogens is 837 g/mol. The van der Waals surface area contributed by atoms with Crippen LogP contribution in [0, 0.1) is 11.8 Å². The van der Waals surface area contributed by atoms with Gasteiger partial charge in [0.05, 0.1) is 29.6 Å². The number of nitrogens with two attached hydrogens (primary N) is 1. The molecule has 10 rings (SSSR count). The number of fused-ring (bicyclic) bond motifs is 2. The number of piperazine rings is 1. The number of ether oxygens (including phenoxy) is 1. The number of hydrogen-bond acceptors (Lipinski definition) is 11. The van der Waals surface area contributed by atoms with Gasteiger partial charge < -0.3 is 25.6 Å². The predicted molar refractivity (Wildman–Crippen MR) is 248 cm³/mol. The number of carbonyl (C=O) groups is 6. The van der Waals surface area contributed by atoms with E-state index < -0.39 is 23.8 Å². The van der Waals surface area contributed by atoms with E-state index in [-0.39, 0.29) is 42.8 Å². The van der Waals surface area contributed by atoms with Gasteiger partial charge in [-0.25, -0.2) is 4.68 Å². The Morgan fingerprint density at radius 3 is 2.18 bits per heavy atom. The number of nitrogens with one attached hydrogen (secondary N) is 1. The Labute approximate surface area is 384 Å². The first-order valence-corrected chi connectivity index (χ1v) is 23.9. The topological polar surface area (TPSA) is 180 Å². The molecule has 2 saturated carbocycles. The van der Waals surface area contributed by atoms with Crippen LogP contribution >= 0.6 is 0 Å². The Balaban J connectivity index is 0.672. The lowest BCUT2D eigenvalue weighted by Crippen LogP contribution is -2.51. The van der Waals surface area contributed by atoms with Crippen molar-refractivity contribution >= 4 is 46.7 Å². The number of rotatable bonds is 11. The van der Waals surface area contributed by atoms with Crippen LogP contribution in [0.1, 0.15) is 114 Å². The van der Waals surface area contributed by atoms with Gasteiger partial charge in [-0.3, -0.25) is 38.6 Å². The maximum absolute atomic E-state index is 13.6. The number of Topliss-reactive ketones (excluding diaryl/α,β-unsaturated/α-hetero) is 2. The number of piperidine rings is 1. The molecule has 1 aromatic heterocycles. The quantitative estimate of drug-likeness (QED) is 0.124. The Hall–Kier alpha value is -6.35. The van der Waals surface area contributed by atoms with Crippen molar-refractivity contribution in [1.29, 1.82) is 0 Å². The Kier molecular flexibility index (Phi) is 12.2. The number of imide groups is 1. The first-order chi connectivity index (χ1) is 32.1. The number of carbonyl (C=O) groups excluding carboxylic acids is 6. The molecule has 0 spiro atoms. The second-order valence-electron chi connectivity index (χ2n) is 19.0. The number of primary amides is 1. The fraction of sp³-hybridized carbons (Fsp3) is 0.471.